The average Bonchev–Trinajstić information content (AvgIpc) is 2.61. The minimum Gasteiger partial charge on any atom is -0.427 e. The lowest BCUT2D eigenvalue weighted by Crippen LogP contribution is -2.15. The van der Waals surface area contributed by atoms with Crippen LogP contribution in [0, 0.1) is 5.92 Å². The van der Waals surface area contributed by atoms with E-state index in [4.69, 9.17) is 4.74 Å². The molecule has 2 rings (SSSR count). The molecule has 1 unspecified atom stereocenters. The Kier molecular flexibility index (Phi) is 4.07. The number of carbonyl (C=O) groups is 1. The molecule has 1 fully saturated rings. The summed E-state index contributed by atoms with van der Waals surface area (Å²) in [6.45, 7) is 0. The van der Waals surface area contributed by atoms with Gasteiger partial charge in [0.15, 0.2) is 9.84 Å². The van der Waals surface area contributed by atoms with E-state index in [1.165, 1.54) is 0 Å². The highest BCUT2D eigenvalue weighted by atomic mass is 79.9. The van der Waals surface area contributed by atoms with Gasteiger partial charge in [-0.3, -0.25) is 4.79 Å². The van der Waals surface area contributed by atoms with Gasteiger partial charge in [0, 0.05) is 10.9 Å². The maximum absolute atomic E-state index is 11.6. The standard InChI is InChI=1S/C12H13BrO4S/c13-10-1-3-11(4-2-10)17-12(14)7-9-5-6-18(15,16)8-9/h1-4,9H,5-8H2. The number of sulfone groups is 1. The Balaban J connectivity index is 1.88. The summed E-state index contributed by atoms with van der Waals surface area (Å²) in [4.78, 5) is 11.6. The van der Waals surface area contributed by atoms with Crippen LogP contribution in [0.2, 0.25) is 0 Å². The van der Waals surface area contributed by atoms with Gasteiger partial charge >= 0.3 is 5.97 Å². The van der Waals surface area contributed by atoms with Crippen molar-refractivity contribution in [2.45, 2.75) is 12.8 Å². The van der Waals surface area contributed by atoms with Gasteiger partial charge in [0.1, 0.15) is 5.75 Å². The third kappa shape index (κ3) is 3.81. The quantitative estimate of drug-likeness (QED) is 0.628. The van der Waals surface area contributed by atoms with Crippen molar-refractivity contribution in [2.24, 2.45) is 5.92 Å². The molecule has 0 bridgehead atoms. The molecule has 1 saturated heterocycles. The summed E-state index contributed by atoms with van der Waals surface area (Å²) in [6.07, 6.45) is 0.715. The Morgan fingerprint density at radius 3 is 2.56 bits per heavy atom. The second-order valence-electron chi connectivity index (χ2n) is 4.40. The van der Waals surface area contributed by atoms with Gasteiger partial charge in [0.25, 0.3) is 0 Å². The van der Waals surface area contributed by atoms with E-state index in [0.29, 0.717) is 12.2 Å². The molecule has 1 aliphatic rings. The number of hydrogen-bond donors (Lipinski definition) is 0. The van der Waals surface area contributed by atoms with Gasteiger partial charge in [0.2, 0.25) is 0 Å². The molecular weight excluding hydrogens is 320 g/mol. The van der Waals surface area contributed by atoms with Crippen molar-refractivity contribution in [3.8, 4) is 5.75 Å². The van der Waals surface area contributed by atoms with Gasteiger partial charge in [0.05, 0.1) is 11.5 Å². The van der Waals surface area contributed by atoms with Crippen LogP contribution in [0.15, 0.2) is 28.7 Å². The lowest BCUT2D eigenvalue weighted by molar-refractivity contribution is -0.135. The maximum Gasteiger partial charge on any atom is 0.311 e. The Bertz CT molecular complexity index is 536. The molecule has 0 saturated carbocycles. The molecule has 0 amide bonds. The summed E-state index contributed by atoms with van der Waals surface area (Å²) in [6, 6.07) is 6.94. The number of carbonyl (C=O) groups excluding carboxylic acids is 1. The van der Waals surface area contributed by atoms with Gasteiger partial charge in [-0.1, -0.05) is 15.9 Å². The predicted octanol–water partition coefficient (Wildman–Crippen LogP) is 2.18. The van der Waals surface area contributed by atoms with E-state index in [1.807, 2.05) is 0 Å². The molecule has 0 aromatic heterocycles. The van der Waals surface area contributed by atoms with Crippen molar-refractivity contribution in [1.82, 2.24) is 0 Å². The molecular formula is C12H13BrO4S. The minimum atomic E-state index is -2.93. The number of halogens is 1. The van der Waals surface area contributed by atoms with Gasteiger partial charge in [-0.05, 0) is 36.6 Å². The van der Waals surface area contributed by atoms with Crippen molar-refractivity contribution in [1.29, 1.82) is 0 Å². The fraction of sp³-hybridized carbons (Fsp3) is 0.417. The van der Waals surface area contributed by atoms with Crippen LogP contribution in [0.5, 0.6) is 5.75 Å². The van der Waals surface area contributed by atoms with Crippen LogP contribution < -0.4 is 4.74 Å². The molecule has 4 nitrogen and oxygen atoms in total. The molecule has 0 aliphatic carbocycles. The zero-order valence-electron chi connectivity index (χ0n) is 9.63. The third-order valence-electron chi connectivity index (χ3n) is 2.83. The first kappa shape index (κ1) is 13.5. The number of rotatable bonds is 3. The van der Waals surface area contributed by atoms with E-state index >= 15 is 0 Å². The Morgan fingerprint density at radius 2 is 2.00 bits per heavy atom. The van der Waals surface area contributed by atoms with E-state index in [-0.39, 0.29) is 29.8 Å². The zero-order chi connectivity index (χ0) is 13.2. The Morgan fingerprint density at radius 1 is 1.33 bits per heavy atom. The molecule has 6 heteroatoms. The van der Waals surface area contributed by atoms with Crippen LogP contribution >= 0.6 is 15.9 Å². The highest BCUT2D eigenvalue weighted by Crippen LogP contribution is 2.23. The first-order valence-electron chi connectivity index (χ1n) is 5.61. The predicted molar refractivity (Wildman–Crippen MR) is 71.2 cm³/mol. The van der Waals surface area contributed by atoms with Crippen molar-refractivity contribution in [2.75, 3.05) is 11.5 Å². The van der Waals surface area contributed by atoms with Crippen LogP contribution in [0.1, 0.15) is 12.8 Å². The molecule has 1 heterocycles. The second kappa shape index (κ2) is 5.40. The van der Waals surface area contributed by atoms with Crippen molar-refractivity contribution < 1.29 is 17.9 Å². The minimum absolute atomic E-state index is 0.0991. The zero-order valence-corrected chi connectivity index (χ0v) is 12.0. The monoisotopic (exact) mass is 332 g/mol. The maximum atomic E-state index is 11.6. The Hall–Kier alpha value is -0.880. The van der Waals surface area contributed by atoms with Crippen LogP contribution in [0.3, 0.4) is 0 Å². The molecule has 1 aromatic carbocycles. The van der Waals surface area contributed by atoms with Crippen molar-refractivity contribution >= 4 is 31.7 Å². The van der Waals surface area contributed by atoms with Gasteiger partial charge < -0.3 is 4.74 Å². The fourth-order valence-corrected chi connectivity index (χ4v) is 4.07. The number of ether oxygens (including phenoxy) is 1. The molecule has 1 aliphatic heterocycles. The normalized spacial score (nSPS) is 21.7. The first-order valence-corrected chi connectivity index (χ1v) is 8.23. The summed E-state index contributed by atoms with van der Waals surface area (Å²) in [5, 5.41) is 0. The highest BCUT2D eigenvalue weighted by molar-refractivity contribution is 9.10. The summed E-state index contributed by atoms with van der Waals surface area (Å²) < 4.78 is 28.6. The fourth-order valence-electron chi connectivity index (χ4n) is 1.94. The van der Waals surface area contributed by atoms with Gasteiger partial charge in [-0.25, -0.2) is 8.42 Å². The van der Waals surface area contributed by atoms with E-state index in [2.05, 4.69) is 15.9 Å². The van der Waals surface area contributed by atoms with E-state index in [0.717, 1.165) is 4.47 Å². The lowest BCUT2D eigenvalue weighted by Gasteiger charge is -2.07. The molecule has 0 radical (unpaired) electrons. The topological polar surface area (TPSA) is 60.4 Å². The van der Waals surface area contributed by atoms with Crippen LogP contribution in [0.4, 0.5) is 0 Å². The smallest absolute Gasteiger partial charge is 0.311 e. The number of esters is 1. The number of benzene rings is 1. The van der Waals surface area contributed by atoms with Crippen molar-refractivity contribution in [3.63, 3.8) is 0 Å². The molecule has 98 valence electrons. The summed E-state index contributed by atoms with van der Waals surface area (Å²) in [5.41, 5.74) is 0. The summed E-state index contributed by atoms with van der Waals surface area (Å²) in [7, 11) is -2.93. The summed E-state index contributed by atoms with van der Waals surface area (Å²) >= 11 is 3.29. The molecule has 1 atom stereocenters. The molecule has 0 N–H and O–H groups in total. The SMILES string of the molecule is O=C(CC1CCS(=O)(=O)C1)Oc1ccc(Br)cc1. The van der Waals surface area contributed by atoms with Crippen LogP contribution in [-0.4, -0.2) is 25.9 Å². The van der Waals surface area contributed by atoms with Crippen LogP contribution in [0.25, 0.3) is 0 Å². The largest absolute Gasteiger partial charge is 0.427 e. The van der Waals surface area contributed by atoms with Gasteiger partial charge in [-0.15, -0.1) is 0 Å². The van der Waals surface area contributed by atoms with Crippen LogP contribution in [-0.2, 0) is 14.6 Å². The second-order valence-corrected chi connectivity index (χ2v) is 7.55. The average molecular weight is 333 g/mol. The first-order chi connectivity index (χ1) is 8.44. The molecule has 18 heavy (non-hydrogen) atoms. The lowest BCUT2D eigenvalue weighted by atomic mass is 10.1. The molecule has 1 aromatic rings. The van der Waals surface area contributed by atoms with Crippen molar-refractivity contribution in [3.05, 3.63) is 28.7 Å². The van der Waals surface area contributed by atoms with E-state index < -0.39 is 9.84 Å². The Labute approximate surface area is 114 Å². The van der Waals surface area contributed by atoms with E-state index in [9.17, 15) is 13.2 Å². The van der Waals surface area contributed by atoms with E-state index in [1.54, 1.807) is 24.3 Å². The highest BCUT2D eigenvalue weighted by Gasteiger charge is 2.29. The summed E-state index contributed by atoms with van der Waals surface area (Å²) in [5.74, 6) is 0.285. The molecule has 0 spiro atoms. The number of hydrogen-bond acceptors (Lipinski definition) is 4. The third-order valence-corrected chi connectivity index (χ3v) is 5.19. The van der Waals surface area contributed by atoms with Gasteiger partial charge in [-0.2, -0.15) is 0 Å².